The van der Waals surface area contributed by atoms with Gasteiger partial charge in [0, 0.05) is 14.3 Å². The highest BCUT2D eigenvalue weighted by molar-refractivity contribution is 9.10. The molecule has 0 spiro atoms. The van der Waals surface area contributed by atoms with Crippen molar-refractivity contribution in [2.45, 2.75) is 18.2 Å². The van der Waals surface area contributed by atoms with Gasteiger partial charge in [0.15, 0.2) is 0 Å². The van der Waals surface area contributed by atoms with E-state index < -0.39 is 0 Å². The zero-order valence-electron chi connectivity index (χ0n) is 10.6. The smallest absolute Gasteiger partial charge is 0.0449 e. The van der Waals surface area contributed by atoms with E-state index in [0.717, 1.165) is 15.9 Å². The van der Waals surface area contributed by atoms with E-state index in [-0.39, 0.29) is 0 Å². The Kier molecular flexibility index (Phi) is 5.49. The van der Waals surface area contributed by atoms with E-state index in [2.05, 4.69) is 69.1 Å². The SMILES string of the molecule is CC(Cc1ccc(Br)cc1Cl)C(Br)c1ccccc1. The van der Waals surface area contributed by atoms with E-state index in [1.54, 1.807) is 0 Å². The first-order valence-corrected chi connectivity index (χ1v) is 8.29. The molecule has 0 bridgehead atoms. The second-order valence-corrected chi connectivity index (χ2v) is 7.04. The molecule has 0 aliphatic carbocycles. The fourth-order valence-electron chi connectivity index (χ4n) is 2.10. The van der Waals surface area contributed by atoms with Gasteiger partial charge >= 0.3 is 0 Å². The maximum absolute atomic E-state index is 6.28. The molecule has 0 fully saturated rings. The van der Waals surface area contributed by atoms with Gasteiger partial charge in [0.2, 0.25) is 0 Å². The standard InChI is InChI=1S/C16H15Br2Cl/c1-11(16(18)12-5-3-2-4-6-12)9-13-7-8-14(17)10-15(13)19/h2-8,10-11,16H,9H2,1H3. The fraction of sp³-hybridized carbons (Fsp3) is 0.250. The molecule has 0 radical (unpaired) electrons. The minimum absolute atomic E-state index is 0.341. The van der Waals surface area contributed by atoms with Crippen molar-refractivity contribution in [3.8, 4) is 0 Å². The molecule has 0 aliphatic heterocycles. The third-order valence-electron chi connectivity index (χ3n) is 3.17. The van der Waals surface area contributed by atoms with Crippen molar-refractivity contribution in [2.75, 3.05) is 0 Å². The lowest BCUT2D eigenvalue weighted by molar-refractivity contribution is 0.572. The molecule has 0 heterocycles. The van der Waals surface area contributed by atoms with Crippen LogP contribution < -0.4 is 0 Å². The Morgan fingerprint density at radius 2 is 1.79 bits per heavy atom. The molecular formula is C16H15Br2Cl. The van der Waals surface area contributed by atoms with Crippen LogP contribution in [-0.2, 0) is 6.42 Å². The van der Waals surface area contributed by atoms with Gasteiger partial charge in [-0.3, -0.25) is 0 Å². The minimum Gasteiger partial charge on any atom is -0.0840 e. The van der Waals surface area contributed by atoms with Crippen LogP contribution in [0.25, 0.3) is 0 Å². The Labute approximate surface area is 136 Å². The van der Waals surface area contributed by atoms with Crippen molar-refractivity contribution in [3.05, 3.63) is 69.2 Å². The highest BCUT2D eigenvalue weighted by Gasteiger charge is 2.17. The molecule has 0 saturated carbocycles. The van der Waals surface area contributed by atoms with Gasteiger partial charge in [-0.05, 0) is 35.6 Å². The molecule has 2 aromatic rings. The van der Waals surface area contributed by atoms with Crippen molar-refractivity contribution in [1.82, 2.24) is 0 Å². The molecule has 2 aromatic carbocycles. The molecule has 3 heteroatoms. The summed E-state index contributed by atoms with van der Waals surface area (Å²) < 4.78 is 1.02. The molecule has 0 aliphatic rings. The molecule has 2 unspecified atom stereocenters. The fourth-order valence-corrected chi connectivity index (χ4v) is 3.35. The number of halogens is 3. The average Bonchev–Trinajstić information content (AvgIpc) is 2.42. The first kappa shape index (κ1) is 15.1. The van der Waals surface area contributed by atoms with Crippen LogP contribution in [0.4, 0.5) is 0 Å². The zero-order valence-corrected chi connectivity index (χ0v) is 14.5. The first-order valence-electron chi connectivity index (χ1n) is 6.21. The summed E-state index contributed by atoms with van der Waals surface area (Å²) in [6.07, 6.45) is 0.955. The maximum atomic E-state index is 6.28. The van der Waals surface area contributed by atoms with Crippen molar-refractivity contribution in [1.29, 1.82) is 0 Å². The third kappa shape index (κ3) is 4.08. The second-order valence-electron chi connectivity index (χ2n) is 4.73. The van der Waals surface area contributed by atoms with Gasteiger partial charge in [0.25, 0.3) is 0 Å². The first-order chi connectivity index (χ1) is 9.08. The van der Waals surface area contributed by atoms with Gasteiger partial charge in [0.1, 0.15) is 0 Å². The Morgan fingerprint density at radius 3 is 2.42 bits per heavy atom. The largest absolute Gasteiger partial charge is 0.0840 e. The second kappa shape index (κ2) is 6.92. The number of benzene rings is 2. The van der Waals surface area contributed by atoms with Crippen LogP contribution in [0, 0.1) is 5.92 Å². The normalized spacial score (nSPS) is 14.1. The van der Waals surface area contributed by atoms with E-state index in [1.165, 1.54) is 11.1 Å². The molecule has 0 aromatic heterocycles. The summed E-state index contributed by atoms with van der Waals surface area (Å²) >= 11 is 13.5. The molecule has 2 rings (SSSR count). The van der Waals surface area contributed by atoms with Crippen LogP contribution >= 0.6 is 43.5 Å². The molecular weight excluding hydrogens is 387 g/mol. The van der Waals surface area contributed by atoms with E-state index in [9.17, 15) is 0 Å². The molecule has 0 N–H and O–H groups in total. The third-order valence-corrected chi connectivity index (χ3v) is 5.45. The topological polar surface area (TPSA) is 0 Å². The summed E-state index contributed by atoms with van der Waals surface area (Å²) in [6.45, 7) is 2.24. The molecule has 100 valence electrons. The van der Waals surface area contributed by atoms with Gasteiger partial charge < -0.3 is 0 Å². The van der Waals surface area contributed by atoms with E-state index in [1.807, 2.05) is 18.2 Å². The van der Waals surface area contributed by atoms with Crippen molar-refractivity contribution >= 4 is 43.5 Å². The van der Waals surface area contributed by atoms with Crippen LogP contribution in [0.5, 0.6) is 0 Å². The lowest BCUT2D eigenvalue weighted by Crippen LogP contribution is -2.07. The maximum Gasteiger partial charge on any atom is 0.0449 e. The monoisotopic (exact) mass is 400 g/mol. The number of hydrogen-bond donors (Lipinski definition) is 0. The molecule has 0 nitrogen and oxygen atoms in total. The van der Waals surface area contributed by atoms with Gasteiger partial charge in [-0.25, -0.2) is 0 Å². The van der Waals surface area contributed by atoms with E-state index in [0.29, 0.717) is 10.7 Å². The zero-order chi connectivity index (χ0) is 13.8. The van der Waals surface area contributed by atoms with Gasteiger partial charge in [-0.15, -0.1) is 0 Å². The lowest BCUT2D eigenvalue weighted by Gasteiger charge is -2.19. The summed E-state index contributed by atoms with van der Waals surface area (Å²) in [7, 11) is 0. The number of alkyl halides is 1. The average molecular weight is 403 g/mol. The summed E-state index contributed by atoms with van der Waals surface area (Å²) in [5.41, 5.74) is 2.50. The van der Waals surface area contributed by atoms with Gasteiger partial charge in [-0.2, -0.15) is 0 Å². The Bertz CT molecular complexity index is 540. The van der Waals surface area contributed by atoms with Crippen LogP contribution in [0.2, 0.25) is 5.02 Å². The Balaban J connectivity index is 2.10. The highest BCUT2D eigenvalue weighted by Crippen LogP contribution is 2.34. The molecule has 0 amide bonds. The van der Waals surface area contributed by atoms with Crippen molar-refractivity contribution < 1.29 is 0 Å². The number of hydrogen-bond acceptors (Lipinski definition) is 0. The van der Waals surface area contributed by atoms with Crippen LogP contribution in [0.1, 0.15) is 22.9 Å². The van der Waals surface area contributed by atoms with Crippen LogP contribution in [-0.4, -0.2) is 0 Å². The predicted molar refractivity (Wildman–Crippen MR) is 90.1 cm³/mol. The minimum atomic E-state index is 0.341. The summed E-state index contributed by atoms with van der Waals surface area (Å²) in [5.74, 6) is 0.473. The van der Waals surface area contributed by atoms with Crippen molar-refractivity contribution in [3.63, 3.8) is 0 Å². The molecule has 19 heavy (non-hydrogen) atoms. The van der Waals surface area contributed by atoms with Crippen LogP contribution in [0.15, 0.2) is 53.0 Å². The van der Waals surface area contributed by atoms with Crippen LogP contribution in [0.3, 0.4) is 0 Å². The molecule has 2 atom stereocenters. The predicted octanol–water partition coefficient (Wildman–Crippen LogP) is 6.42. The van der Waals surface area contributed by atoms with E-state index >= 15 is 0 Å². The highest BCUT2D eigenvalue weighted by atomic mass is 79.9. The lowest BCUT2D eigenvalue weighted by atomic mass is 9.94. The van der Waals surface area contributed by atoms with E-state index in [4.69, 9.17) is 11.6 Å². The molecule has 0 saturated heterocycles. The Morgan fingerprint density at radius 1 is 1.11 bits per heavy atom. The van der Waals surface area contributed by atoms with Gasteiger partial charge in [-0.1, -0.05) is 86.8 Å². The van der Waals surface area contributed by atoms with Gasteiger partial charge in [0.05, 0.1) is 0 Å². The van der Waals surface area contributed by atoms with Crippen molar-refractivity contribution in [2.24, 2.45) is 5.92 Å². The summed E-state index contributed by atoms with van der Waals surface area (Å²) in [5, 5.41) is 0.828. The number of rotatable bonds is 4. The quantitative estimate of drug-likeness (QED) is 0.518. The Hall–Kier alpha value is -0.310. The summed E-state index contributed by atoms with van der Waals surface area (Å²) in [6, 6.07) is 16.6. The summed E-state index contributed by atoms with van der Waals surface area (Å²) in [4.78, 5) is 0.341.